The van der Waals surface area contributed by atoms with Gasteiger partial charge in [0.05, 0.1) is 16.6 Å². The van der Waals surface area contributed by atoms with Crippen LogP contribution in [-0.2, 0) is 14.3 Å². The number of ether oxygens (including phenoxy) is 1. The van der Waals surface area contributed by atoms with E-state index in [-0.39, 0.29) is 11.9 Å². The van der Waals surface area contributed by atoms with Gasteiger partial charge in [0.1, 0.15) is 0 Å². The molecule has 0 heterocycles. The largest absolute Gasteiger partial charge is 0.452 e. The number of rotatable bonds is 5. The van der Waals surface area contributed by atoms with Gasteiger partial charge in [-0.25, -0.2) is 0 Å². The fourth-order valence-electron chi connectivity index (χ4n) is 1.31. The van der Waals surface area contributed by atoms with Crippen LogP contribution in [0.25, 0.3) is 0 Å². The lowest BCUT2D eigenvalue weighted by molar-refractivity contribution is -0.156. The highest BCUT2D eigenvalue weighted by atomic mass is 35.5. The van der Waals surface area contributed by atoms with Crippen LogP contribution in [0.15, 0.2) is 24.3 Å². The Bertz CT molecular complexity index is 462. The molecule has 2 unspecified atom stereocenters. The van der Waals surface area contributed by atoms with Gasteiger partial charge in [-0.1, -0.05) is 37.6 Å². The Kier molecular flexibility index (Phi) is 5.83. The molecule has 1 aromatic rings. The monoisotopic (exact) mass is 283 g/mol. The topological polar surface area (TPSA) is 55.4 Å². The molecule has 1 rings (SSSR count). The van der Waals surface area contributed by atoms with E-state index in [1.165, 1.54) is 6.92 Å². The van der Waals surface area contributed by atoms with Gasteiger partial charge in [0, 0.05) is 0 Å². The van der Waals surface area contributed by atoms with Crippen LogP contribution in [0.4, 0.5) is 5.69 Å². The van der Waals surface area contributed by atoms with Crippen LogP contribution in [0, 0.1) is 5.92 Å². The predicted octanol–water partition coefficient (Wildman–Crippen LogP) is 3.26. The number of carbonyl (C=O) groups excluding carboxylic acids is 2. The summed E-state index contributed by atoms with van der Waals surface area (Å²) in [7, 11) is 0. The number of hydrogen-bond acceptors (Lipinski definition) is 3. The average molecular weight is 284 g/mol. The van der Waals surface area contributed by atoms with Crippen LogP contribution in [0.1, 0.15) is 27.2 Å². The smallest absolute Gasteiger partial charge is 0.309 e. The van der Waals surface area contributed by atoms with Crippen molar-refractivity contribution in [3.05, 3.63) is 29.3 Å². The van der Waals surface area contributed by atoms with E-state index in [9.17, 15) is 9.59 Å². The lowest BCUT2D eigenvalue weighted by Crippen LogP contribution is -2.31. The summed E-state index contributed by atoms with van der Waals surface area (Å²) in [4.78, 5) is 23.4. The zero-order valence-corrected chi connectivity index (χ0v) is 12.0. The number of halogens is 1. The summed E-state index contributed by atoms with van der Waals surface area (Å²) < 4.78 is 5.08. The van der Waals surface area contributed by atoms with Crippen LogP contribution in [0.3, 0.4) is 0 Å². The molecule has 1 amide bonds. The summed E-state index contributed by atoms with van der Waals surface area (Å²) in [6, 6.07) is 6.89. The number of hydrogen-bond donors (Lipinski definition) is 1. The third-order valence-corrected chi connectivity index (χ3v) is 3.14. The van der Waals surface area contributed by atoms with E-state index in [2.05, 4.69) is 5.32 Å². The highest BCUT2D eigenvalue weighted by Crippen LogP contribution is 2.20. The second-order valence-corrected chi connectivity index (χ2v) is 4.76. The maximum absolute atomic E-state index is 11.9. The van der Waals surface area contributed by atoms with Crippen LogP contribution in [-0.4, -0.2) is 18.0 Å². The molecular weight excluding hydrogens is 266 g/mol. The van der Waals surface area contributed by atoms with E-state index in [4.69, 9.17) is 16.3 Å². The maximum atomic E-state index is 11.9. The number of para-hydroxylation sites is 1. The van der Waals surface area contributed by atoms with E-state index in [1.807, 2.05) is 6.92 Å². The van der Waals surface area contributed by atoms with Crippen LogP contribution in [0.5, 0.6) is 0 Å². The number of esters is 1. The number of anilines is 1. The average Bonchev–Trinajstić information content (AvgIpc) is 2.40. The van der Waals surface area contributed by atoms with Crippen molar-refractivity contribution >= 4 is 29.2 Å². The molecule has 5 heteroatoms. The van der Waals surface area contributed by atoms with Gasteiger partial charge in [0.25, 0.3) is 5.91 Å². The second kappa shape index (κ2) is 7.14. The molecule has 0 aliphatic rings. The molecule has 1 N–H and O–H groups in total. The van der Waals surface area contributed by atoms with Crippen molar-refractivity contribution in [2.75, 3.05) is 5.32 Å². The Morgan fingerprint density at radius 1 is 1.32 bits per heavy atom. The first-order chi connectivity index (χ1) is 8.95. The van der Waals surface area contributed by atoms with E-state index in [1.54, 1.807) is 31.2 Å². The third-order valence-electron chi connectivity index (χ3n) is 2.81. The highest BCUT2D eigenvalue weighted by Gasteiger charge is 2.21. The summed E-state index contributed by atoms with van der Waals surface area (Å²) in [6.45, 7) is 5.19. The zero-order chi connectivity index (χ0) is 14.4. The molecule has 0 aliphatic carbocycles. The summed E-state index contributed by atoms with van der Waals surface area (Å²) in [5, 5.41) is 3.07. The fraction of sp³-hybridized carbons (Fsp3) is 0.429. The number of nitrogens with one attached hydrogen (secondary N) is 1. The third kappa shape index (κ3) is 4.56. The molecule has 1 aromatic carbocycles. The van der Waals surface area contributed by atoms with Crippen molar-refractivity contribution in [1.82, 2.24) is 0 Å². The molecule has 4 nitrogen and oxygen atoms in total. The van der Waals surface area contributed by atoms with Crippen LogP contribution >= 0.6 is 11.6 Å². The predicted molar refractivity (Wildman–Crippen MR) is 75.1 cm³/mol. The van der Waals surface area contributed by atoms with Crippen molar-refractivity contribution in [2.45, 2.75) is 33.3 Å². The normalized spacial score (nSPS) is 13.5. The molecule has 0 fully saturated rings. The minimum Gasteiger partial charge on any atom is -0.452 e. The number of amides is 1. The number of carbonyl (C=O) groups is 2. The second-order valence-electron chi connectivity index (χ2n) is 4.36. The maximum Gasteiger partial charge on any atom is 0.309 e. The number of benzene rings is 1. The lowest BCUT2D eigenvalue weighted by Gasteiger charge is -2.16. The van der Waals surface area contributed by atoms with Gasteiger partial charge in [0.15, 0.2) is 6.10 Å². The minimum atomic E-state index is -0.849. The van der Waals surface area contributed by atoms with Gasteiger partial charge in [-0.3, -0.25) is 9.59 Å². The Morgan fingerprint density at radius 2 is 1.95 bits per heavy atom. The van der Waals surface area contributed by atoms with Gasteiger partial charge in [-0.15, -0.1) is 0 Å². The molecule has 0 aliphatic heterocycles. The van der Waals surface area contributed by atoms with Crippen molar-refractivity contribution in [2.24, 2.45) is 5.92 Å². The van der Waals surface area contributed by atoms with E-state index >= 15 is 0 Å². The van der Waals surface area contributed by atoms with Gasteiger partial charge >= 0.3 is 5.97 Å². The molecule has 0 saturated heterocycles. The summed E-state index contributed by atoms with van der Waals surface area (Å²) in [5.41, 5.74) is 0.501. The van der Waals surface area contributed by atoms with E-state index in [0.717, 1.165) is 0 Å². The first-order valence-electron chi connectivity index (χ1n) is 6.21. The van der Waals surface area contributed by atoms with Gasteiger partial charge in [0.2, 0.25) is 0 Å². The summed E-state index contributed by atoms with van der Waals surface area (Å²) in [5.74, 6) is -0.982. The first-order valence-corrected chi connectivity index (χ1v) is 6.59. The minimum absolute atomic E-state index is 0.212. The molecule has 0 spiro atoms. The first kappa shape index (κ1) is 15.5. The van der Waals surface area contributed by atoms with E-state index in [0.29, 0.717) is 17.1 Å². The quantitative estimate of drug-likeness (QED) is 0.844. The molecule has 19 heavy (non-hydrogen) atoms. The fourth-order valence-corrected chi connectivity index (χ4v) is 1.49. The van der Waals surface area contributed by atoms with Crippen molar-refractivity contribution in [3.63, 3.8) is 0 Å². The highest BCUT2D eigenvalue weighted by molar-refractivity contribution is 6.33. The lowest BCUT2D eigenvalue weighted by atomic mass is 10.1. The van der Waals surface area contributed by atoms with Gasteiger partial charge < -0.3 is 10.1 Å². The molecular formula is C14H18ClNO3. The van der Waals surface area contributed by atoms with Crippen LogP contribution < -0.4 is 5.32 Å². The van der Waals surface area contributed by atoms with E-state index < -0.39 is 12.0 Å². The molecule has 2 atom stereocenters. The molecule has 0 saturated carbocycles. The zero-order valence-electron chi connectivity index (χ0n) is 11.3. The van der Waals surface area contributed by atoms with Gasteiger partial charge in [-0.05, 0) is 25.5 Å². The standard InChI is InChI=1S/C14H18ClNO3/c1-4-9(2)14(18)19-10(3)13(17)16-12-8-6-5-7-11(12)15/h5-10H,4H2,1-3H3,(H,16,17). The van der Waals surface area contributed by atoms with Crippen molar-refractivity contribution in [1.29, 1.82) is 0 Å². The Hall–Kier alpha value is -1.55. The molecule has 0 bridgehead atoms. The molecule has 104 valence electrons. The van der Waals surface area contributed by atoms with Crippen molar-refractivity contribution in [3.8, 4) is 0 Å². The summed E-state index contributed by atoms with van der Waals surface area (Å²) in [6.07, 6.45) is -0.171. The molecule has 0 radical (unpaired) electrons. The van der Waals surface area contributed by atoms with Gasteiger partial charge in [-0.2, -0.15) is 0 Å². The summed E-state index contributed by atoms with van der Waals surface area (Å²) >= 11 is 5.93. The Labute approximate surface area is 118 Å². The molecule has 0 aromatic heterocycles. The Balaban J connectivity index is 2.59. The van der Waals surface area contributed by atoms with Crippen molar-refractivity contribution < 1.29 is 14.3 Å². The SMILES string of the molecule is CCC(C)C(=O)OC(C)C(=O)Nc1ccccc1Cl. The van der Waals surface area contributed by atoms with Crippen LogP contribution in [0.2, 0.25) is 5.02 Å². The Morgan fingerprint density at radius 3 is 2.53 bits per heavy atom.